The molecule has 244 valence electrons. The summed E-state index contributed by atoms with van der Waals surface area (Å²) in [5.74, 6) is -0.0944. The van der Waals surface area contributed by atoms with Crippen LogP contribution in [0.2, 0.25) is 5.02 Å². The number of likely N-dealkylation sites (tertiary alicyclic amines) is 1. The van der Waals surface area contributed by atoms with Gasteiger partial charge < -0.3 is 24.2 Å². The van der Waals surface area contributed by atoms with Gasteiger partial charge in [0, 0.05) is 46.6 Å². The van der Waals surface area contributed by atoms with Crippen molar-refractivity contribution in [3.05, 3.63) is 28.7 Å². The number of ether oxygens (including phenoxy) is 3. The lowest BCUT2D eigenvalue weighted by molar-refractivity contribution is -0.00466. The van der Waals surface area contributed by atoms with Gasteiger partial charge in [0.05, 0.1) is 44.7 Å². The van der Waals surface area contributed by atoms with Gasteiger partial charge in [0.15, 0.2) is 5.82 Å². The Kier molecular flexibility index (Phi) is 7.66. The van der Waals surface area contributed by atoms with Crippen molar-refractivity contribution in [3.8, 4) is 23.1 Å². The summed E-state index contributed by atoms with van der Waals surface area (Å²) in [7, 11) is 1.49. The third kappa shape index (κ3) is 5.04. The average Bonchev–Trinajstić information content (AvgIpc) is 3.72. The summed E-state index contributed by atoms with van der Waals surface area (Å²) < 4.78 is 35.0. The Morgan fingerprint density at radius 2 is 2.02 bits per heavy atom. The number of anilines is 1. The highest BCUT2D eigenvalue weighted by atomic mass is 35.5. The van der Waals surface area contributed by atoms with Crippen LogP contribution in [-0.2, 0) is 4.74 Å². The maximum Gasteiger partial charge on any atom is 0.319 e. The molecule has 3 atom stereocenters. The molecule has 2 saturated heterocycles. The van der Waals surface area contributed by atoms with Crippen LogP contribution in [0.5, 0.6) is 11.9 Å². The van der Waals surface area contributed by atoms with Crippen molar-refractivity contribution in [3.63, 3.8) is 0 Å². The van der Waals surface area contributed by atoms with Crippen molar-refractivity contribution in [2.45, 2.75) is 70.1 Å². The normalized spacial score (nSPS) is 25.6. The summed E-state index contributed by atoms with van der Waals surface area (Å²) in [4.78, 5) is 18.9. The summed E-state index contributed by atoms with van der Waals surface area (Å²) in [6.07, 6.45) is 9.15. The number of aliphatic hydroxyl groups excluding tert-OH is 1. The minimum absolute atomic E-state index is 0.0242. The number of pyridine rings is 1. The molecule has 4 aliphatic rings. The Labute approximate surface area is 271 Å². The van der Waals surface area contributed by atoms with E-state index in [0.717, 1.165) is 25.8 Å². The number of halogens is 2. The van der Waals surface area contributed by atoms with Crippen LogP contribution in [0.1, 0.15) is 50.5 Å². The van der Waals surface area contributed by atoms with Crippen molar-refractivity contribution in [2.75, 3.05) is 51.5 Å². The predicted octanol–water partition coefficient (Wildman–Crippen LogP) is 5.05. The van der Waals surface area contributed by atoms with Gasteiger partial charge in [-0.2, -0.15) is 15.1 Å². The second kappa shape index (κ2) is 11.7. The highest BCUT2D eigenvalue weighted by Crippen LogP contribution is 2.51. The first-order chi connectivity index (χ1) is 22.4. The van der Waals surface area contributed by atoms with Gasteiger partial charge >= 0.3 is 6.01 Å². The molecule has 3 aromatic heterocycles. The van der Waals surface area contributed by atoms with Gasteiger partial charge in [-0.25, -0.2) is 9.37 Å². The number of aromatic nitrogens is 5. The number of fused-ring (bicyclic) bond motifs is 3. The molecule has 13 heteroatoms. The Bertz CT molecular complexity index is 1800. The van der Waals surface area contributed by atoms with E-state index in [-0.39, 0.29) is 41.7 Å². The number of aliphatic hydroxyl groups is 1. The van der Waals surface area contributed by atoms with Gasteiger partial charge in [0.1, 0.15) is 22.4 Å². The van der Waals surface area contributed by atoms with E-state index in [1.807, 2.05) is 11.8 Å². The molecular weight excluding hydrogens is 613 g/mol. The number of nitrogens with one attached hydrogen (secondary N) is 1. The van der Waals surface area contributed by atoms with Crippen molar-refractivity contribution in [2.24, 2.45) is 5.41 Å². The van der Waals surface area contributed by atoms with Gasteiger partial charge in [-0.3, -0.25) is 10.00 Å². The van der Waals surface area contributed by atoms with Gasteiger partial charge in [0.2, 0.25) is 5.88 Å². The second-order valence-electron chi connectivity index (χ2n) is 13.3. The Balaban J connectivity index is 1.27. The second-order valence-corrected chi connectivity index (χ2v) is 13.7. The number of piperidine rings is 1. The van der Waals surface area contributed by atoms with E-state index < -0.39 is 11.9 Å². The molecule has 46 heavy (non-hydrogen) atoms. The molecule has 11 nitrogen and oxygen atoms in total. The van der Waals surface area contributed by atoms with Gasteiger partial charge in [0.25, 0.3) is 0 Å². The van der Waals surface area contributed by atoms with Crippen LogP contribution in [-0.4, -0.2) is 99.9 Å². The Morgan fingerprint density at radius 1 is 1.17 bits per heavy atom. The molecule has 2 saturated carbocycles. The monoisotopic (exact) mass is 651 g/mol. The van der Waals surface area contributed by atoms with E-state index in [0.29, 0.717) is 70.1 Å². The van der Waals surface area contributed by atoms with Crippen LogP contribution < -0.4 is 14.4 Å². The number of rotatable bonds is 7. The Morgan fingerprint density at radius 3 is 2.85 bits per heavy atom. The molecule has 3 unspecified atom stereocenters. The number of hydrogen-bond acceptors (Lipinski definition) is 10. The average molecular weight is 652 g/mol. The van der Waals surface area contributed by atoms with Gasteiger partial charge in [-0.15, -0.1) is 0 Å². The highest BCUT2D eigenvalue weighted by Gasteiger charge is 2.51. The molecule has 1 aromatic carbocycles. The zero-order valence-corrected chi connectivity index (χ0v) is 26.9. The fraction of sp³-hybridized carbons (Fsp3) is 0.576. The number of H-pyrrole nitrogens is 1. The summed E-state index contributed by atoms with van der Waals surface area (Å²) in [6.45, 7) is 4.69. The van der Waals surface area contributed by atoms with E-state index in [2.05, 4.69) is 15.1 Å². The fourth-order valence-corrected chi connectivity index (χ4v) is 8.36. The van der Waals surface area contributed by atoms with E-state index in [4.69, 9.17) is 40.8 Å². The zero-order chi connectivity index (χ0) is 31.6. The van der Waals surface area contributed by atoms with E-state index >= 15 is 4.39 Å². The molecular formula is C33H39ClFN7O4. The standard InChI is InChI=1S/C33H39ClFN7O4/c1-18-22(34)13-23-21(14-36-40-23)25(18)28-27(35)29-26(31(37-28)44-2)30(41-11-12-45-16-20(43)15-41)39-32(38-29)46-17-33-8-3-5-24(33)42(10-4-9-33)19-6-7-19/h13-14,19-20,24,43H,3-12,15-17H2,1-2H3,(H,36,40). The molecule has 2 N–H and O–H groups in total. The van der Waals surface area contributed by atoms with Crippen molar-refractivity contribution < 1.29 is 23.7 Å². The minimum Gasteiger partial charge on any atom is -0.480 e. The maximum absolute atomic E-state index is 17.0. The van der Waals surface area contributed by atoms with Gasteiger partial charge in [-0.05, 0) is 63.6 Å². The molecule has 2 aliphatic heterocycles. The first-order valence-electron chi connectivity index (χ1n) is 16.3. The van der Waals surface area contributed by atoms with Crippen molar-refractivity contribution in [1.82, 2.24) is 30.0 Å². The largest absolute Gasteiger partial charge is 0.480 e. The molecule has 4 fully saturated rings. The summed E-state index contributed by atoms with van der Waals surface area (Å²) in [6, 6.07) is 3.05. The third-order valence-corrected chi connectivity index (χ3v) is 10.9. The minimum atomic E-state index is -0.753. The van der Waals surface area contributed by atoms with E-state index in [9.17, 15) is 5.11 Å². The molecule has 0 amide bonds. The maximum atomic E-state index is 17.0. The summed E-state index contributed by atoms with van der Waals surface area (Å²) in [5.41, 5.74) is 1.93. The smallest absolute Gasteiger partial charge is 0.319 e. The van der Waals surface area contributed by atoms with Crippen molar-refractivity contribution >= 4 is 39.2 Å². The van der Waals surface area contributed by atoms with E-state index in [1.54, 1.807) is 12.3 Å². The predicted molar refractivity (Wildman–Crippen MR) is 172 cm³/mol. The quantitative estimate of drug-likeness (QED) is 0.281. The fourth-order valence-electron chi connectivity index (χ4n) is 8.15. The molecule has 5 heterocycles. The number of aromatic amines is 1. The molecule has 0 bridgehead atoms. The molecule has 2 aliphatic carbocycles. The van der Waals surface area contributed by atoms with Crippen LogP contribution in [0.25, 0.3) is 33.1 Å². The SMILES string of the molecule is COc1nc(-c2c(C)c(Cl)cc3[nH]ncc23)c(F)c2nc(OCC34CCCC3N(C3CC3)CCC4)nc(N3CCOCC(O)C3)c12. The Hall–Kier alpha value is -3.32. The lowest BCUT2D eigenvalue weighted by Gasteiger charge is -2.46. The van der Waals surface area contributed by atoms with Crippen LogP contribution in [0.3, 0.4) is 0 Å². The summed E-state index contributed by atoms with van der Waals surface area (Å²) in [5, 5.41) is 19.2. The number of methoxy groups -OCH3 is 1. The topological polar surface area (TPSA) is 122 Å². The molecule has 8 rings (SSSR count). The molecule has 0 spiro atoms. The van der Waals surface area contributed by atoms with Crippen molar-refractivity contribution in [1.29, 1.82) is 0 Å². The lowest BCUT2D eigenvalue weighted by atomic mass is 9.75. The number of benzene rings is 1. The number of hydrogen-bond donors (Lipinski definition) is 2. The lowest BCUT2D eigenvalue weighted by Crippen LogP contribution is -2.52. The first-order valence-corrected chi connectivity index (χ1v) is 16.7. The van der Waals surface area contributed by atoms with Crippen LogP contribution >= 0.6 is 11.6 Å². The van der Waals surface area contributed by atoms with Gasteiger partial charge in [-0.1, -0.05) is 18.0 Å². The van der Waals surface area contributed by atoms with E-state index in [1.165, 1.54) is 32.8 Å². The molecule has 4 aromatic rings. The number of β-amino-alcohol motifs (C(OH)–C–C–N with tert-alkyl or cyclic N) is 1. The number of nitrogens with zero attached hydrogens (tertiary/aromatic N) is 6. The van der Waals surface area contributed by atoms with Crippen LogP contribution in [0, 0.1) is 18.2 Å². The highest BCUT2D eigenvalue weighted by molar-refractivity contribution is 6.33. The third-order valence-electron chi connectivity index (χ3n) is 10.5. The zero-order valence-electron chi connectivity index (χ0n) is 26.2. The first kappa shape index (κ1) is 30.0. The summed E-state index contributed by atoms with van der Waals surface area (Å²) >= 11 is 6.60. The van der Waals surface area contributed by atoms with Crippen LogP contribution in [0.4, 0.5) is 10.2 Å². The molecule has 0 radical (unpaired) electrons. The van der Waals surface area contributed by atoms with Crippen LogP contribution in [0.15, 0.2) is 12.3 Å².